The van der Waals surface area contributed by atoms with E-state index in [1.807, 2.05) is 0 Å². The number of aliphatic hydroxyl groups excluding tert-OH is 1. The van der Waals surface area contributed by atoms with Gasteiger partial charge in [-0.3, -0.25) is 0 Å². The van der Waals surface area contributed by atoms with Gasteiger partial charge < -0.3 is 9.66 Å². The van der Waals surface area contributed by atoms with Crippen molar-refractivity contribution in [2.24, 2.45) is 5.92 Å². The van der Waals surface area contributed by atoms with E-state index in [1.165, 1.54) is 0 Å². The maximum atomic E-state index is 11.7. The van der Waals surface area contributed by atoms with E-state index in [4.69, 9.17) is 5.11 Å². The van der Waals surface area contributed by atoms with E-state index < -0.39 is 27.6 Å². The molecule has 9 heteroatoms. The SMILES string of the molecule is CC(C(O)S(=O)(=O)[O-])C(F)(F)F.[Na+]. The first kappa shape index (κ1) is 16.1. The zero-order valence-electron chi connectivity index (χ0n) is 6.87. The Hall–Kier alpha value is 0.660. The molecule has 0 bridgehead atoms. The Morgan fingerprint density at radius 3 is 1.77 bits per heavy atom. The van der Waals surface area contributed by atoms with Crippen molar-refractivity contribution in [3.8, 4) is 0 Å². The average molecular weight is 230 g/mol. The van der Waals surface area contributed by atoms with E-state index in [0.29, 0.717) is 6.92 Å². The first-order valence-corrected chi connectivity index (χ1v) is 4.23. The Balaban J connectivity index is 0. The van der Waals surface area contributed by atoms with Crippen LogP contribution in [0.15, 0.2) is 0 Å². The molecule has 2 unspecified atom stereocenters. The Labute approximate surface area is 95.2 Å². The monoisotopic (exact) mass is 230 g/mol. The minimum Gasteiger partial charge on any atom is -0.746 e. The van der Waals surface area contributed by atoms with Gasteiger partial charge in [0.15, 0.2) is 5.44 Å². The van der Waals surface area contributed by atoms with E-state index in [9.17, 15) is 26.1 Å². The fourth-order valence-corrected chi connectivity index (χ4v) is 1.07. The zero-order chi connectivity index (χ0) is 10.2. The largest absolute Gasteiger partial charge is 1.00 e. The van der Waals surface area contributed by atoms with Gasteiger partial charge in [0.2, 0.25) is 0 Å². The van der Waals surface area contributed by atoms with Gasteiger partial charge in [0.25, 0.3) is 0 Å². The summed E-state index contributed by atoms with van der Waals surface area (Å²) in [5.74, 6) is -2.57. The third-order valence-electron chi connectivity index (χ3n) is 1.24. The van der Waals surface area contributed by atoms with Gasteiger partial charge in [-0.25, -0.2) is 8.42 Å². The molecule has 0 amide bonds. The first-order valence-electron chi connectivity index (χ1n) is 2.76. The zero-order valence-corrected chi connectivity index (χ0v) is 9.69. The van der Waals surface area contributed by atoms with Crippen LogP contribution in [0.4, 0.5) is 13.2 Å². The second-order valence-corrected chi connectivity index (χ2v) is 3.68. The predicted octanol–water partition coefficient (Wildman–Crippen LogP) is -2.95. The number of rotatable bonds is 2. The number of alkyl halides is 3. The normalized spacial score (nSPS) is 17.4. The van der Waals surface area contributed by atoms with Crippen molar-refractivity contribution in [1.29, 1.82) is 0 Å². The minimum atomic E-state index is -5.30. The number of hydrogen-bond acceptors (Lipinski definition) is 4. The predicted molar refractivity (Wildman–Crippen MR) is 30.9 cm³/mol. The molecule has 0 saturated heterocycles. The molecule has 4 nitrogen and oxygen atoms in total. The first-order chi connectivity index (χ1) is 5.07. The van der Waals surface area contributed by atoms with E-state index in [1.54, 1.807) is 0 Å². The summed E-state index contributed by atoms with van der Waals surface area (Å²) in [6.45, 7) is 0.417. The summed E-state index contributed by atoms with van der Waals surface area (Å²) >= 11 is 0. The van der Waals surface area contributed by atoms with Crippen LogP contribution in [0.1, 0.15) is 6.92 Å². The fourth-order valence-electron chi connectivity index (χ4n) is 0.412. The molecule has 0 aromatic rings. The molecule has 0 saturated carbocycles. The van der Waals surface area contributed by atoms with E-state index in [2.05, 4.69) is 0 Å². The Bertz CT molecular complexity index is 249. The van der Waals surface area contributed by atoms with Gasteiger partial charge in [-0.2, -0.15) is 13.2 Å². The van der Waals surface area contributed by atoms with Crippen LogP contribution in [0.25, 0.3) is 0 Å². The number of aliphatic hydroxyl groups is 1. The smallest absolute Gasteiger partial charge is 0.746 e. The maximum absolute atomic E-state index is 11.7. The Kier molecular flexibility index (Phi) is 6.12. The third-order valence-corrected chi connectivity index (χ3v) is 2.24. The average Bonchev–Trinajstić information content (AvgIpc) is 1.80. The van der Waals surface area contributed by atoms with E-state index in [0.717, 1.165) is 0 Å². The van der Waals surface area contributed by atoms with E-state index in [-0.39, 0.29) is 29.6 Å². The molecule has 0 aromatic heterocycles. The summed E-state index contributed by atoms with van der Waals surface area (Å²) in [6, 6.07) is 0. The van der Waals surface area contributed by atoms with Crippen molar-refractivity contribution in [3.63, 3.8) is 0 Å². The molecule has 0 heterocycles. The van der Waals surface area contributed by atoms with Gasteiger partial charge in [0.1, 0.15) is 10.1 Å². The van der Waals surface area contributed by atoms with Crippen LogP contribution in [0.3, 0.4) is 0 Å². The molecule has 0 rings (SSSR count). The minimum absolute atomic E-state index is 0. The molecule has 74 valence electrons. The molecule has 0 aliphatic rings. The standard InChI is InChI=1S/C4H7F3O4S.Na/c1-2(4(5,6)7)3(8)12(9,10)11;/h2-3,8H,1H3,(H,9,10,11);/q;+1/p-1. The van der Waals surface area contributed by atoms with Crippen molar-refractivity contribution >= 4 is 10.1 Å². The van der Waals surface area contributed by atoms with Crippen LogP contribution in [-0.4, -0.2) is 29.7 Å². The number of hydrogen-bond donors (Lipinski definition) is 1. The molecule has 1 N–H and O–H groups in total. The van der Waals surface area contributed by atoms with Crippen molar-refractivity contribution in [2.75, 3.05) is 0 Å². The third kappa shape index (κ3) is 5.18. The van der Waals surface area contributed by atoms with Gasteiger partial charge in [-0.1, -0.05) is 6.92 Å². The quantitative estimate of drug-likeness (QED) is 0.406. The Morgan fingerprint density at radius 1 is 1.38 bits per heavy atom. The summed E-state index contributed by atoms with van der Waals surface area (Å²) in [4.78, 5) is 0. The van der Waals surface area contributed by atoms with E-state index >= 15 is 0 Å². The van der Waals surface area contributed by atoms with Crippen molar-refractivity contribution in [2.45, 2.75) is 18.5 Å². The molecular weight excluding hydrogens is 224 g/mol. The molecule has 0 fully saturated rings. The van der Waals surface area contributed by atoms with Crippen LogP contribution >= 0.6 is 0 Å². The molecule has 0 aromatic carbocycles. The molecule has 0 aliphatic carbocycles. The summed E-state index contributed by atoms with van der Waals surface area (Å²) < 4.78 is 64.7. The van der Waals surface area contributed by atoms with Gasteiger partial charge in [0, 0.05) is 0 Å². The second kappa shape index (κ2) is 4.94. The van der Waals surface area contributed by atoms with Crippen LogP contribution in [0, 0.1) is 5.92 Å². The second-order valence-electron chi connectivity index (χ2n) is 2.21. The summed E-state index contributed by atoms with van der Waals surface area (Å²) in [7, 11) is -5.30. The molecule has 0 radical (unpaired) electrons. The van der Waals surface area contributed by atoms with Gasteiger partial charge in [-0.15, -0.1) is 0 Å². The number of halogens is 3. The van der Waals surface area contributed by atoms with Gasteiger partial charge in [-0.05, 0) is 0 Å². The van der Waals surface area contributed by atoms with Crippen molar-refractivity contribution in [1.82, 2.24) is 0 Å². The topological polar surface area (TPSA) is 77.4 Å². The summed E-state index contributed by atoms with van der Waals surface area (Å²) in [5.41, 5.74) is -2.93. The van der Waals surface area contributed by atoms with Crippen LogP contribution in [-0.2, 0) is 10.1 Å². The molecule has 0 aliphatic heterocycles. The van der Waals surface area contributed by atoms with Gasteiger partial charge in [0.05, 0.1) is 5.92 Å². The van der Waals surface area contributed by atoms with Crippen LogP contribution in [0.5, 0.6) is 0 Å². The summed E-state index contributed by atoms with van der Waals surface area (Å²) in [6.07, 6.45) is -4.89. The fraction of sp³-hybridized carbons (Fsp3) is 1.00. The summed E-state index contributed by atoms with van der Waals surface area (Å²) in [5, 5.41) is 8.37. The molecule has 13 heavy (non-hydrogen) atoms. The molecular formula is C4H6F3NaO4S. The van der Waals surface area contributed by atoms with Crippen LogP contribution in [0.2, 0.25) is 0 Å². The van der Waals surface area contributed by atoms with Crippen molar-refractivity contribution < 1.29 is 60.8 Å². The van der Waals surface area contributed by atoms with Crippen molar-refractivity contribution in [3.05, 3.63) is 0 Å². The maximum Gasteiger partial charge on any atom is 1.00 e. The molecule has 0 spiro atoms. The Morgan fingerprint density at radius 2 is 1.69 bits per heavy atom. The molecule has 2 atom stereocenters. The van der Waals surface area contributed by atoms with Gasteiger partial charge >= 0.3 is 35.7 Å². The van der Waals surface area contributed by atoms with Crippen LogP contribution < -0.4 is 29.6 Å².